The van der Waals surface area contributed by atoms with Crippen LogP contribution >= 0.6 is 0 Å². The molecule has 0 fully saturated rings. The van der Waals surface area contributed by atoms with Gasteiger partial charge in [0.25, 0.3) is 5.56 Å². The Morgan fingerprint density at radius 3 is 2.83 bits per heavy atom. The Balaban J connectivity index is 2.32. The number of rotatable bonds is 4. The number of nitrogens with one attached hydrogen (secondary N) is 1. The van der Waals surface area contributed by atoms with Crippen molar-refractivity contribution in [3.63, 3.8) is 0 Å². The molecule has 2 rings (SSSR count). The number of nitrogens with zero attached hydrogens (tertiary/aromatic N) is 4. The van der Waals surface area contributed by atoms with Crippen molar-refractivity contribution < 1.29 is 0 Å². The average Bonchev–Trinajstić information content (AvgIpc) is 2.70. The zero-order chi connectivity index (χ0) is 13.1. The Labute approximate surface area is 103 Å². The molecule has 18 heavy (non-hydrogen) atoms. The molecule has 0 saturated carbocycles. The molecule has 0 bridgehead atoms. The Bertz CT molecular complexity index is 609. The van der Waals surface area contributed by atoms with Crippen LogP contribution in [0.4, 0.5) is 0 Å². The predicted octanol–water partition coefficient (Wildman–Crippen LogP) is -0.168. The topological polar surface area (TPSA) is 85.6 Å². The summed E-state index contributed by atoms with van der Waals surface area (Å²) in [4.78, 5) is 29.7. The minimum atomic E-state index is -0.443. The number of hydrogen-bond acceptors (Lipinski definition) is 4. The maximum Gasteiger partial charge on any atom is 0.328 e. The molecule has 7 heteroatoms. The van der Waals surface area contributed by atoms with E-state index in [9.17, 15) is 9.59 Å². The standard InChI is InChI=1S/C11H15N5O2/c1-8(2)5-16-9(13-7-14-16)6-15-10(17)3-4-12-11(15)18/h3-4,7-8H,5-6H2,1-2H3,(H,12,18). The largest absolute Gasteiger partial charge is 0.328 e. The van der Waals surface area contributed by atoms with Gasteiger partial charge >= 0.3 is 5.69 Å². The maximum atomic E-state index is 11.6. The molecular formula is C11H15N5O2. The van der Waals surface area contributed by atoms with E-state index in [4.69, 9.17) is 0 Å². The molecule has 2 aromatic heterocycles. The first-order valence-corrected chi connectivity index (χ1v) is 5.73. The number of aromatic nitrogens is 5. The summed E-state index contributed by atoms with van der Waals surface area (Å²) in [7, 11) is 0. The third kappa shape index (κ3) is 2.55. The van der Waals surface area contributed by atoms with Gasteiger partial charge in [0.1, 0.15) is 12.2 Å². The maximum absolute atomic E-state index is 11.6. The molecule has 2 aromatic rings. The van der Waals surface area contributed by atoms with Gasteiger partial charge in [-0.1, -0.05) is 13.8 Å². The summed E-state index contributed by atoms with van der Waals surface area (Å²) in [5, 5.41) is 4.09. The Morgan fingerprint density at radius 1 is 1.39 bits per heavy atom. The van der Waals surface area contributed by atoms with Crippen molar-refractivity contribution in [1.29, 1.82) is 0 Å². The highest BCUT2D eigenvalue weighted by atomic mass is 16.2. The fourth-order valence-corrected chi connectivity index (χ4v) is 1.65. The van der Waals surface area contributed by atoms with Crippen molar-refractivity contribution >= 4 is 0 Å². The molecular weight excluding hydrogens is 234 g/mol. The zero-order valence-corrected chi connectivity index (χ0v) is 10.3. The fourth-order valence-electron chi connectivity index (χ4n) is 1.65. The van der Waals surface area contributed by atoms with Crippen LogP contribution in [-0.4, -0.2) is 24.3 Å². The minimum Gasteiger partial charge on any atom is -0.314 e. The van der Waals surface area contributed by atoms with Gasteiger partial charge < -0.3 is 4.98 Å². The van der Waals surface area contributed by atoms with Gasteiger partial charge in [-0.25, -0.2) is 14.5 Å². The average molecular weight is 249 g/mol. The van der Waals surface area contributed by atoms with Crippen LogP contribution in [0, 0.1) is 5.92 Å². The molecule has 0 aromatic carbocycles. The van der Waals surface area contributed by atoms with E-state index < -0.39 is 5.69 Å². The summed E-state index contributed by atoms with van der Waals surface area (Å²) in [6, 6.07) is 1.31. The van der Waals surface area contributed by atoms with E-state index in [2.05, 4.69) is 28.9 Å². The smallest absolute Gasteiger partial charge is 0.314 e. The van der Waals surface area contributed by atoms with Gasteiger partial charge in [0.15, 0.2) is 0 Å². The second-order valence-corrected chi connectivity index (χ2v) is 4.46. The van der Waals surface area contributed by atoms with Crippen molar-refractivity contribution in [2.75, 3.05) is 0 Å². The molecule has 0 unspecified atom stereocenters. The zero-order valence-electron chi connectivity index (χ0n) is 10.3. The Morgan fingerprint density at radius 2 is 2.17 bits per heavy atom. The Kier molecular flexibility index (Phi) is 3.40. The van der Waals surface area contributed by atoms with Gasteiger partial charge in [0.2, 0.25) is 0 Å². The predicted molar refractivity (Wildman–Crippen MR) is 65.3 cm³/mol. The van der Waals surface area contributed by atoms with Crippen LogP contribution in [0.15, 0.2) is 28.2 Å². The summed E-state index contributed by atoms with van der Waals surface area (Å²) >= 11 is 0. The van der Waals surface area contributed by atoms with Crippen LogP contribution < -0.4 is 11.2 Å². The Hall–Kier alpha value is -2.18. The first kappa shape index (κ1) is 12.3. The van der Waals surface area contributed by atoms with Gasteiger partial charge in [-0.2, -0.15) is 5.10 Å². The molecule has 0 saturated heterocycles. The lowest BCUT2D eigenvalue weighted by Gasteiger charge is -2.08. The first-order chi connectivity index (χ1) is 8.58. The van der Waals surface area contributed by atoms with Crippen LogP contribution in [0.3, 0.4) is 0 Å². The summed E-state index contributed by atoms with van der Waals surface area (Å²) in [5.74, 6) is 1.01. The van der Waals surface area contributed by atoms with Gasteiger partial charge in [0.05, 0.1) is 6.54 Å². The van der Waals surface area contributed by atoms with Crippen LogP contribution in [0.2, 0.25) is 0 Å². The molecule has 96 valence electrons. The summed E-state index contributed by atoms with van der Waals surface area (Å²) < 4.78 is 2.81. The molecule has 7 nitrogen and oxygen atoms in total. The van der Waals surface area contributed by atoms with Gasteiger partial charge in [-0.05, 0) is 5.92 Å². The monoisotopic (exact) mass is 249 g/mol. The molecule has 0 aliphatic rings. The second kappa shape index (κ2) is 4.99. The molecule has 0 spiro atoms. The third-order valence-electron chi connectivity index (χ3n) is 2.48. The van der Waals surface area contributed by atoms with Crippen LogP contribution in [0.25, 0.3) is 0 Å². The van der Waals surface area contributed by atoms with Gasteiger partial charge in [0, 0.05) is 18.8 Å². The summed E-state index contributed by atoms with van der Waals surface area (Å²) in [5.41, 5.74) is -0.792. The van der Waals surface area contributed by atoms with Gasteiger partial charge in [-0.15, -0.1) is 0 Å². The quantitative estimate of drug-likeness (QED) is 0.815. The highest BCUT2D eigenvalue weighted by Crippen LogP contribution is 2.01. The summed E-state index contributed by atoms with van der Waals surface area (Å²) in [6.45, 7) is 4.95. The minimum absolute atomic E-state index is 0.127. The molecule has 0 amide bonds. The van der Waals surface area contributed by atoms with E-state index in [1.807, 2.05) is 0 Å². The number of H-pyrrole nitrogens is 1. The SMILES string of the molecule is CC(C)Cn1ncnc1Cn1c(=O)cc[nH]c1=O. The third-order valence-corrected chi connectivity index (χ3v) is 2.48. The second-order valence-electron chi connectivity index (χ2n) is 4.46. The number of hydrogen-bond donors (Lipinski definition) is 1. The van der Waals surface area contributed by atoms with E-state index in [1.165, 1.54) is 18.6 Å². The van der Waals surface area contributed by atoms with Gasteiger partial charge in [-0.3, -0.25) is 9.36 Å². The van der Waals surface area contributed by atoms with E-state index in [-0.39, 0.29) is 12.1 Å². The normalized spacial score (nSPS) is 11.1. The molecule has 0 atom stereocenters. The first-order valence-electron chi connectivity index (χ1n) is 5.73. The highest BCUT2D eigenvalue weighted by molar-refractivity contribution is 4.91. The molecule has 0 radical (unpaired) electrons. The number of aromatic amines is 1. The van der Waals surface area contributed by atoms with Crippen molar-refractivity contribution in [3.05, 3.63) is 45.3 Å². The molecule has 0 aliphatic carbocycles. The molecule has 2 heterocycles. The van der Waals surface area contributed by atoms with Crippen LogP contribution in [0.1, 0.15) is 19.7 Å². The lowest BCUT2D eigenvalue weighted by molar-refractivity contribution is 0.457. The highest BCUT2D eigenvalue weighted by Gasteiger charge is 2.09. The van der Waals surface area contributed by atoms with Crippen molar-refractivity contribution in [2.45, 2.75) is 26.9 Å². The lowest BCUT2D eigenvalue weighted by atomic mass is 10.2. The van der Waals surface area contributed by atoms with E-state index in [0.29, 0.717) is 18.3 Å². The van der Waals surface area contributed by atoms with Crippen LogP contribution in [0.5, 0.6) is 0 Å². The van der Waals surface area contributed by atoms with E-state index >= 15 is 0 Å². The van der Waals surface area contributed by atoms with Crippen molar-refractivity contribution in [1.82, 2.24) is 24.3 Å². The van der Waals surface area contributed by atoms with Crippen molar-refractivity contribution in [2.24, 2.45) is 5.92 Å². The summed E-state index contributed by atoms with van der Waals surface area (Å²) in [6.07, 6.45) is 2.76. The van der Waals surface area contributed by atoms with Crippen molar-refractivity contribution in [3.8, 4) is 0 Å². The van der Waals surface area contributed by atoms with Crippen LogP contribution in [-0.2, 0) is 13.1 Å². The molecule has 1 N–H and O–H groups in total. The lowest BCUT2D eigenvalue weighted by Crippen LogP contribution is -2.35. The fraction of sp³-hybridized carbons (Fsp3) is 0.455. The molecule has 0 aliphatic heterocycles. The van der Waals surface area contributed by atoms with E-state index in [1.54, 1.807) is 4.68 Å². The van der Waals surface area contributed by atoms with E-state index in [0.717, 1.165) is 4.57 Å².